The van der Waals surface area contributed by atoms with Gasteiger partial charge >= 0.3 is 0 Å². The van der Waals surface area contributed by atoms with E-state index in [1.165, 1.54) is 18.4 Å². The third-order valence-electron chi connectivity index (χ3n) is 4.58. The van der Waals surface area contributed by atoms with Crippen molar-refractivity contribution >= 4 is 34.0 Å². The van der Waals surface area contributed by atoms with Gasteiger partial charge in [0, 0.05) is 32.9 Å². The molecule has 1 N–H and O–H groups in total. The van der Waals surface area contributed by atoms with Crippen molar-refractivity contribution in [3.63, 3.8) is 0 Å². The Morgan fingerprint density at radius 2 is 2.08 bits per heavy atom. The highest BCUT2D eigenvalue weighted by atomic mass is 35.5. The summed E-state index contributed by atoms with van der Waals surface area (Å²) in [4.78, 5) is 14.8. The van der Waals surface area contributed by atoms with Crippen molar-refractivity contribution in [2.45, 2.75) is 30.4 Å². The van der Waals surface area contributed by atoms with Crippen LogP contribution in [0.1, 0.15) is 12.5 Å². The summed E-state index contributed by atoms with van der Waals surface area (Å²) >= 11 is 0. The molecule has 2 heterocycles. The molecule has 9 heteroatoms. The molecule has 2 aliphatic rings. The second kappa shape index (κ2) is 7.59. The Hall–Kier alpha value is -1.19. The zero-order chi connectivity index (χ0) is 17.5. The van der Waals surface area contributed by atoms with Gasteiger partial charge in [-0.2, -0.15) is 0 Å². The first-order valence-corrected chi connectivity index (χ1v) is 9.48. The number of ether oxygens (including phenoxy) is 1. The van der Waals surface area contributed by atoms with Gasteiger partial charge in [-0.3, -0.25) is 4.79 Å². The standard InChI is InChI=1S/C16H23N3O4S.ClH/c1-11-15(17-7-9-23-11)16(20)19-8-6-12-4-5-13(10-14(12)19)24(21,22)18(2)3;/h4-5,10-11,15,17H,6-9H2,1-3H3;1H/t11-,15+;/m1./s1. The number of nitrogens with one attached hydrogen (secondary N) is 1. The summed E-state index contributed by atoms with van der Waals surface area (Å²) in [7, 11) is -0.535. The minimum atomic E-state index is -3.53. The van der Waals surface area contributed by atoms with Gasteiger partial charge in [0.2, 0.25) is 15.9 Å². The maximum Gasteiger partial charge on any atom is 0.246 e. The molecule has 1 aromatic rings. The highest BCUT2D eigenvalue weighted by Gasteiger charge is 2.35. The fourth-order valence-corrected chi connectivity index (χ4v) is 4.06. The zero-order valence-electron chi connectivity index (χ0n) is 14.6. The van der Waals surface area contributed by atoms with Gasteiger partial charge in [-0.25, -0.2) is 12.7 Å². The minimum absolute atomic E-state index is 0. The number of nitrogens with zero attached hydrogens (tertiary/aromatic N) is 2. The van der Waals surface area contributed by atoms with Gasteiger partial charge in [0.25, 0.3) is 0 Å². The smallest absolute Gasteiger partial charge is 0.246 e. The van der Waals surface area contributed by atoms with Crippen LogP contribution >= 0.6 is 12.4 Å². The largest absolute Gasteiger partial charge is 0.375 e. The molecule has 0 spiro atoms. The number of anilines is 1. The lowest BCUT2D eigenvalue weighted by atomic mass is 10.1. The maximum absolute atomic E-state index is 12.9. The van der Waals surface area contributed by atoms with Crippen LogP contribution in [0.3, 0.4) is 0 Å². The fourth-order valence-electron chi connectivity index (χ4n) is 3.14. The highest BCUT2D eigenvalue weighted by Crippen LogP contribution is 2.32. The van der Waals surface area contributed by atoms with Crippen molar-refractivity contribution in [2.75, 3.05) is 38.7 Å². The second-order valence-corrected chi connectivity index (χ2v) is 8.48. The second-order valence-electron chi connectivity index (χ2n) is 6.33. The summed E-state index contributed by atoms with van der Waals surface area (Å²) in [6.45, 7) is 3.66. The normalized spacial score (nSPS) is 23.3. The van der Waals surface area contributed by atoms with Crippen molar-refractivity contribution in [1.29, 1.82) is 0 Å². The van der Waals surface area contributed by atoms with Crippen LogP contribution in [0.5, 0.6) is 0 Å². The molecule has 0 radical (unpaired) electrons. The molecule has 2 atom stereocenters. The molecule has 0 aliphatic carbocycles. The first kappa shape index (κ1) is 20.1. The van der Waals surface area contributed by atoms with E-state index in [0.29, 0.717) is 25.4 Å². The number of fused-ring (bicyclic) bond motifs is 1. The molecule has 1 saturated heterocycles. The number of benzene rings is 1. The summed E-state index contributed by atoms with van der Waals surface area (Å²) in [5.74, 6) is -0.0691. The van der Waals surface area contributed by atoms with Crippen LogP contribution in [0.25, 0.3) is 0 Å². The molecule has 0 bridgehead atoms. The quantitative estimate of drug-likeness (QED) is 0.820. The highest BCUT2D eigenvalue weighted by molar-refractivity contribution is 7.89. The number of hydrogen-bond donors (Lipinski definition) is 1. The van der Waals surface area contributed by atoms with E-state index in [2.05, 4.69) is 5.32 Å². The fraction of sp³-hybridized carbons (Fsp3) is 0.562. The van der Waals surface area contributed by atoms with E-state index in [1.807, 2.05) is 6.92 Å². The SMILES string of the molecule is C[C@H]1OCCN[C@@H]1C(=O)N1CCc2ccc(S(=O)(=O)N(C)C)cc21.Cl. The molecule has 7 nitrogen and oxygen atoms in total. The van der Waals surface area contributed by atoms with Gasteiger partial charge in [-0.1, -0.05) is 6.07 Å². The molecule has 0 aromatic heterocycles. The van der Waals surface area contributed by atoms with Crippen LogP contribution in [-0.4, -0.2) is 64.6 Å². The number of carbonyl (C=O) groups excluding carboxylic acids is 1. The maximum atomic E-state index is 12.9. The number of rotatable bonds is 3. The lowest BCUT2D eigenvalue weighted by Gasteiger charge is -2.32. The van der Waals surface area contributed by atoms with Crippen molar-refractivity contribution < 1.29 is 17.9 Å². The van der Waals surface area contributed by atoms with Crippen LogP contribution in [0, 0.1) is 0 Å². The van der Waals surface area contributed by atoms with Crippen LogP contribution in [0.4, 0.5) is 5.69 Å². The van der Waals surface area contributed by atoms with E-state index in [4.69, 9.17) is 4.74 Å². The monoisotopic (exact) mass is 389 g/mol. The van der Waals surface area contributed by atoms with Crippen LogP contribution in [0.15, 0.2) is 23.1 Å². The average molecular weight is 390 g/mol. The summed E-state index contributed by atoms with van der Waals surface area (Å²) in [5, 5.41) is 3.20. The van der Waals surface area contributed by atoms with E-state index in [1.54, 1.807) is 23.1 Å². The van der Waals surface area contributed by atoms with Gasteiger partial charge in [0.15, 0.2) is 0 Å². The summed E-state index contributed by atoms with van der Waals surface area (Å²) < 4.78 is 31.4. The topological polar surface area (TPSA) is 79.0 Å². The summed E-state index contributed by atoms with van der Waals surface area (Å²) in [6.07, 6.45) is 0.523. The predicted octanol–water partition coefficient (Wildman–Crippen LogP) is 0.625. The Kier molecular flexibility index (Phi) is 6.11. The molecule has 0 saturated carbocycles. The number of sulfonamides is 1. The van der Waals surface area contributed by atoms with Crippen LogP contribution in [-0.2, 0) is 26.0 Å². The molecule has 2 aliphatic heterocycles. The first-order chi connectivity index (χ1) is 11.3. The molecule has 0 unspecified atom stereocenters. The molecule has 25 heavy (non-hydrogen) atoms. The Morgan fingerprint density at radius 1 is 1.36 bits per heavy atom. The van der Waals surface area contributed by atoms with Crippen molar-refractivity contribution in [1.82, 2.24) is 9.62 Å². The lowest BCUT2D eigenvalue weighted by Crippen LogP contribution is -2.56. The molecule has 1 aromatic carbocycles. The van der Waals surface area contributed by atoms with E-state index in [9.17, 15) is 13.2 Å². The Morgan fingerprint density at radius 3 is 2.72 bits per heavy atom. The molecule has 3 rings (SSSR count). The number of halogens is 1. The Labute approximate surface area is 154 Å². The van der Waals surface area contributed by atoms with Gasteiger partial charge in [0.1, 0.15) is 6.04 Å². The van der Waals surface area contributed by atoms with Gasteiger partial charge in [-0.05, 0) is 31.0 Å². The molecular formula is C16H24ClN3O4S. The summed E-state index contributed by atoms with van der Waals surface area (Å²) in [6, 6.07) is 4.60. The third-order valence-corrected chi connectivity index (χ3v) is 6.39. The first-order valence-electron chi connectivity index (χ1n) is 8.04. The van der Waals surface area contributed by atoms with Crippen molar-refractivity contribution in [3.05, 3.63) is 23.8 Å². The van der Waals surface area contributed by atoms with E-state index in [-0.39, 0.29) is 29.3 Å². The molecule has 1 fully saturated rings. The Balaban J connectivity index is 0.00000225. The number of hydrogen-bond acceptors (Lipinski definition) is 5. The van der Waals surface area contributed by atoms with Crippen molar-refractivity contribution in [3.8, 4) is 0 Å². The molecule has 1 amide bonds. The minimum Gasteiger partial charge on any atom is -0.375 e. The molecular weight excluding hydrogens is 366 g/mol. The number of amides is 1. The van der Waals surface area contributed by atoms with Gasteiger partial charge < -0.3 is 15.0 Å². The average Bonchev–Trinajstić information content (AvgIpc) is 2.97. The number of morpholine rings is 1. The van der Waals surface area contributed by atoms with E-state index in [0.717, 1.165) is 12.0 Å². The number of carbonyl (C=O) groups is 1. The van der Waals surface area contributed by atoms with Gasteiger partial charge in [0.05, 0.1) is 17.6 Å². The molecule has 140 valence electrons. The predicted molar refractivity (Wildman–Crippen MR) is 97.8 cm³/mol. The van der Waals surface area contributed by atoms with E-state index >= 15 is 0 Å². The Bertz CT molecular complexity index is 754. The third kappa shape index (κ3) is 3.68. The lowest BCUT2D eigenvalue weighted by molar-refractivity contribution is -0.126. The van der Waals surface area contributed by atoms with Crippen molar-refractivity contribution in [2.24, 2.45) is 0 Å². The van der Waals surface area contributed by atoms with Crippen LogP contribution < -0.4 is 10.2 Å². The van der Waals surface area contributed by atoms with Crippen LogP contribution in [0.2, 0.25) is 0 Å². The van der Waals surface area contributed by atoms with E-state index < -0.39 is 16.1 Å². The summed E-state index contributed by atoms with van der Waals surface area (Å²) in [5.41, 5.74) is 1.67. The zero-order valence-corrected chi connectivity index (χ0v) is 16.2. The van der Waals surface area contributed by atoms with Gasteiger partial charge in [-0.15, -0.1) is 12.4 Å².